The Kier molecular flexibility index (Phi) is 4.39. The Bertz CT molecular complexity index is 725. The fraction of sp³-hybridized carbons (Fsp3) is 0.0714. The van der Waals surface area contributed by atoms with E-state index in [2.05, 4.69) is 5.32 Å². The summed E-state index contributed by atoms with van der Waals surface area (Å²) in [6.07, 6.45) is -4.76. The first-order chi connectivity index (χ1) is 10.6. The number of carbonyl (C=O) groups excluding carboxylic acids is 1. The van der Waals surface area contributed by atoms with Gasteiger partial charge in [0.25, 0.3) is 0 Å². The molecule has 0 bridgehead atoms. The lowest BCUT2D eigenvalue weighted by Crippen LogP contribution is -2.20. The van der Waals surface area contributed by atoms with E-state index < -0.39 is 35.1 Å². The second-order valence-corrected chi connectivity index (χ2v) is 4.58. The summed E-state index contributed by atoms with van der Waals surface area (Å²) >= 11 is 0. The summed E-state index contributed by atoms with van der Waals surface area (Å²) in [5.41, 5.74) is 3.78. The predicted molar refractivity (Wildman–Crippen MR) is 74.9 cm³/mol. The zero-order chi connectivity index (χ0) is 17.2. The molecule has 0 spiro atoms. The minimum Gasteiger partial charge on any atom is -0.399 e. The number of carbonyl (C=O) groups is 1. The molecule has 4 nitrogen and oxygen atoms in total. The number of rotatable bonds is 2. The molecule has 0 radical (unpaired) electrons. The van der Waals surface area contributed by atoms with E-state index in [1.165, 1.54) is 6.07 Å². The van der Waals surface area contributed by atoms with E-state index >= 15 is 0 Å². The van der Waals surface area contributed by atoms with Crippen molar-refractivity contribution in [3.63, 3.8) is 0 Å². The maximum Gasteiger partial charge on any atom is 0.416 e. The summed E-state index contributed by atoms with van der Waals surface area (Å²) in [7, 11) is 0. The van der Waals surface area contributed by atoms with Crippen LogP contribution in [0, 0.1) is 11.6 Å². The van der Waals surface area contributed by atoms with Gasteiger partial charge >= 0.3 is 12.2 Å². The molecule has 0 unspecified atom stereocenters. The number of urea groups is 1. The van der Waals surface area contributed by atoms with Gasteiger partial charge in [-0.25, -0.2) is 13.6 Å². The van der Waals surface area contributed by atoms with Gasteiger partial charge in [-0.15, -0.1) is 0 Å². The third-order valence-electron chi connectivity index (χ3n) is 2.66. The van der Waals surface area contributed by atoms with Gasteiger partial charge in [0.1, 0.15) is 11.6 Å². The zero-order valence-corrected chi connectivity index (χ0v) is 11.3. The summed E-state index contributed by atoms with van der Waals surface area (Å²) in [5.74, 6) is -1.87. The molecule has 0 aliphatic carbocycles. The van der Waals surface area contributed by atoms with Crippen LogP contribution in [0.4, 0.5) is 43.8 Å². The monoisotopic (exact) mass is 331 g/mol. The van der Waals surface area contributed by atoms with E-state index in [0.29, 0.717) is 12.1 Å². The fourth-order valence-corrected chi connectivity index (χ4v) is 1.80. The van der Waals surface area contributed by atoms with Crippen LogP contribution in [0.15, 0.2) is 36.4 Å². The number of nitrogen functional groups attached to an aromatic ring is 1. The van der Waals surface area contributed by atoms with Crippen LogP contribution in [-0.2, 0) is 6.18 Å². The van der Waals surface area contributed by atoms with Gasteiger partial charge in [-0.05, 0) is 36.4 Å². The predicted octanol–water partition coefficient (Wildman–Crippen LogP) is 4.21. The molecular formula is C14H10F5N3O. The Morgan fingerprint density at radius 2 is 1.39 bits per heavy atom. The van der Waals surface area contributed by atoms with Crippen molar-refractivity contribution >= 4 is 23.1 Å². The van der Waals surface area contributed by atoms with Crippen LogP contribution in [0.5, 0.6) is 0 Å². The van der Waals surface area contributed by atoms with Gasteiger partial charge in [-0.1, -0.05) is 0 Å². The van der Waals surface area contributed by atoms with Crippen molar-refractivity contribution in [1.82, 2.24) is 0 Å². The highest BCUT2D eigenvalue weighted by atomic mass is 19.4. The maximum atomic E-state index is 13.2. The Balaban J connectivity index is 2.15. The number of nitrogens with one attached hydrogen (secondary N) is 2. The van der Waals surface area contributed by atoms with Gasteiger partial charge in [0.15, 0.2) is 0 Å². The quantitative estimate of drug-likeness (QED) is 0.570. The number of hydrogen-bond donors (Lipinski definition) is 3. The molecular weight excluding hydrogens is 321 g/mol. The molecule has 4 N–H and O–H groups in total. The van der Waals surface area contributed by atoms with Crippen molar-refractivity contribution in [1.29, 1.82) is 0 Å². The zero-order valence-electron chi connectivity index (χ0n) is 11.3. The number of anilines is 3. The molecule has 122 valence electrons. The summed E-state index contributed by atoms with van der Waals surface area (Å²) in [5, 5.41) is 4.21. The van der Waals surface area contributed by atoms with Crippen LogP contribution in [0.1, 0.15) is 5.56 Å². The van der Waals surface area contributed by atoms with Gasteiger partial charge in [0.2, 0.25) is 0 Å². The normalized spacial score (nSPS) is 11.2. The second-order valence-electron chi connectivity index (χ2n) is 4.58. The van der Waals surface area contributed by atoms with Crippen molar-refractivity contribution in [2.75, 3.05) is 16.4 Å². The second kappa shape index (κ2) is 6.11. The highest BCUT2D eigenvalue weighted by molar-refractivity contribution is 6.00. The molecule has 0 fully saturated rings. The molecule has 2 aromatic rings. The minimum absolute atomic E-state index is 0.00699. The Hall–Kier alpha value is -2.84. The van der Waals surface area contributed by atoms with Crippen molar-refractivity contribution in [3.8, 4) is 0 Å². The van der Waals surface area contributed by atoms with Crippen molar-refractivity contribution in [3.05, 3.63) is 53.6 Å². The molecule has 0 aliphatic rings. The highest BCUT2D eigenvalue weighted by Gasteiger charge is 2.31. The smallest absolute Gasteiger partial charge is 0.399 e. The lowest BCUT2D eigenvalue weighted by Gasteiger charge is -2.11. The van der Waals surface area contributed by atoms with Gasteiger partial charge in [-0.3, -0.25) is 0 Å². The lowest BCUT2D eigenvalue weighted by molar-refractivity contribution is -0.137. The maximum absolute atomic E-state index is 13.2. The van der Waals surface area contributed by atoms with Crippen LogP contribution in [0.25, 0.3) is 0 Å². The van der Waals surface area contributed by atoms with Crippen molar-refractivity contribution < 1.29 is 26.7 Å². The van der Waals surface area contributed by atoms with Gasteiger partial charge in [0.05, 0.1) is 5.56 Å². The molecule has 0 saturated heterocycles. The van der Waals surface area contributed by atoms with Crippen molar-refractivity contribution in [2.45, 2.75) is 6.18 Å². The Morgan fingerprint density at radius 3 is 1.91 bits per heavy atom. The molecule has 2 aromatic carbocycles. The average Bonchev–Trinajstić information content (AvgIpc) is 2.35. The number of benzene rings is 2. The highest BCUT2D eigenvalue weighted by Crippen LogP contribution is 2.31. The van der Waals surface area contributed by atoms with Gasteiger partial charge < -0.3 is 16.4 Å². The molecule has 0 saturated carbocycles. The van der Waals surface area contributed by atoms with E-state index in [1.54, 1.807) is 0 Å². The first-order valence-corrected chi connectivity index (χ1v) is 6.15. The average molecular weight is 331 g/mol. The molecule has 2 amide bonds. The Labute approximate surface area is 127 Å². The first kappa shape index (κ1) is 16.5. The number of alkyl halides is 3. The summed E-state index contributed by atoms with van der Waals surface area (Å²) in [6.45, 7) is 0. The molecule has 9 heteroatoms. The fourth-order valence-electron chi connectivity index (χ4n) is 1.80. The van der Waals surface area contributed by atoms with Crippen molar-refractivity contribution in [2.24, 2.45) is 0 Å². The number of nitrogens with two attached hydrogens (primary N) is 1. The van der Waals surface area contributed by atoms with E-state index in [9.17, 15) is 26.7 Å². The first-order valence-electron chi connectivity index (χ1n) is 6.15. The van der Waals surface area contributed by atoms with Crippen LogP contribution in [0.2, 0.25) is 0 Å². The number of hydrogen-bond acceptors (Lipinski definition) is 2. The van der Waals surface area contributed by atoms with E-state index in [4.69, 9.17) is 5.73 Å². The molecule has 0 aromatic heterocycles. The third kappa shape index (κ3) is 4.56. The molecule has 0 atom stereocenters. The third-order valence-corrected chi connectivity index (χ3v) is 2.66. The molecule has 2 rings (SSSR count). The molecule has 0 aliphatic heterocycles. The van der Waals surface area contributed by atoms with Crippen LogP contribution in [0.3, 0.4) is 0 Å². The van der Waals surface area contributed by atoms with Gasteiger partial charge in [0, 0.05) is 17.1 Å². The summed E-state index contributed by atoms with van der Waals surface area (Å²) in [6, 6.07) is 3.84. The number of amides is 2. The standard InChI is InChI=1S/C14H10F5N3O/c15-8-1-7(14(17,18)19)2-11(4-8)21-13(23)22-12-5-9(16)3-10(20)6-12/h1-6H,20H2,(H2,21,22,23). The van der Waals surface area contributed by atoms with E-state index in [-0.39, 0.29) is 11.4 Å². The van der Waals surface area contributed by atoms with Crippen LogP contribution < -0.4 is 16.4 Å². The number of halogens is 5. The van der Waals surface area contributed by atoms with Gasteiger partial charge in [-0.2, -0.15) is 13.2 Å². The van der Waals surface area contributed by atoms with Crippen LogP contribution in [-0.4, -0.2) is 6.03 Å². The SMILES string of the molecule is Nc1cc(F)cc(NC(=O)Nc2cc(F)cc(C(F)(F)F)c2)c1. The van der Waals surface area contributed by atoms with E-state index in [1.807, 2.05) is 5.32 Å². The van der Waals surface area contributed by atoms with E-state index in [0.717, 1.165) is 18.2 Å². The minimum atomic E-state index is -4.76. The topological polar surface area (TPSA) is 67.1 Å². The lowest BCUT2D eigenvalue weighted by atomic mass is 10.2. The molecule has 23 heavy (non-hydrogen) atoms. The van der Waals surface area contributed by atoms with Crippen LogP contribution >= 0.6 is 0 Å². The Morgan fingerprint density at radius 1 is 0.870 bits per heavy atom. The molecule has 0 heterocycles. The summed E-state index contributed by atoms with van der Waals surface area (Å²) in [4.78, 5) is 11.7. The largest absolute Gasteiger partial charge is 0.416 e. The summed E-state index contributed by atoms with van der Waals surface area (Å²) < 4.78 is 64.0.